The molecule has 0 saturated heterocycles. The van der Waals surface area contributed by atoms with E-state index < -0.39 is 0 Å². The van der Waals surface area contributed by atoms with Crippen LogP contribution in [0.5, 0.6) is 0 Å². The highest BCUT2D eigenvalue weighted by Crippen LogP contribution is 2.44. The number of rotatable bonds is 4. The van der Waals surface area contributed by atoms with E-state index in [0.717, 1.165) is 6.54 Å². The SMILES string of the molecule is CCCCC1(CC)CNc2ccc(C(C)(C)C)cc21. The van der Waals surface area contributed by atoms with Crippen LogP contribution in [0, 0.1) is 0 Å². The second kappa shape index (κ2) is 5.19. The van der Waals surface area contributed by atoms with Crippen molar-refractivity contribution in [2.24, 2.45) is 0 Å². The van der Waals surface area contributed by atoms with E-state index in [0.29, 0.717) is 5.41 Å². The second-order valence-electron chi connectivity index (χ2n) is 7.10. The minimum Gasteiger partial charge on any atom is -0.384 e. The van der Waals surface area contributed by atoms with Crippen molar-refractivity contribution >= 4 is 5.69 Å². The maximum absolute atomic E-state index is 3.63. The Morgan fingerprint density at radius 1 is 1.21 bits per heavy atom. The summed E-state index contributed by atoms with van der Waals surface area (Å²) in [5.41, 5.74) is 5.00. The summed E-state index contributed by atoms with van der Waals surface area (Å²) < 4.78 is 0. The summed E-state index contributed by atoms with van der Waals surface area (Å²) in [5, 5.41) is 3.63. The molecule has 1 heterocycles. The Morgan fingerprint density at radius 3 is 2.53 bits per heavy atom. The number of benzene rings is 1. The number of hydrogen-bond donors (Lipinski definition) is 1. The zero-order valence-electron chi connectivity index (χ0n) is 13.3. The quantitative estimate of drug-likeness (QED) is 0.779. The van der Waals surface area contributed by atoms with E-state index in [1.54, 1.807) is 5.56 Å². The minimum atomic E-state index is 0.238. The Labute approximate surface area is 118 Å². The Kier molecular flexibility index (Phi) is 3.94. The van der Waals surface area contributed by atoms with Gasteiger partial charge in [-0.25, -0.2) is 0 Å². The maximum Gasteiger partial charge on any atom is 0.0379 e. The van der Waals surface area contributed by atoms with Gasteiger partial charge in [0.25, 0.3) is 0 Å². The van der Waals surface area contributed by atoms with Gasteiger partial charge in [0.05, 0.1) is 0 Å². The molecule has 1 N–H and O–H groups in total. The number of unbranched alkanes of at least 4 members (excludes halogenated alkanes) is 1. The lowest BCUT2D eigenvalue weighted by atomic mass is 9.74. The topological polar surface area (TPSA) is 12.0 Å². The summed E-state index contributed by atoms with van der Waals surface area (Å²) in [6.45, 7) is 12.7. The summed E-state index contributed by atoms with van der Waals surface area (Å²) >= 11 is 0. The molecule has 1 aliphatic rings. The molecule has 19 heavy (non-hydrogen) atoms. The Bertz CT molecular complexity index is 441. The normalized spacial score (nSPS) is 22.2. The van der Waals surface area contributed by atoms with Crippen LogP contribution in [0.15, 0.2) is 18.2 Å². The molecule has 0 spiro atoms. The average molecular weight is 259 g/mol. The summed E-state index contributed by atoms with van der Waals surface area (Å²) in [6.07, 6.45) is 5.17. The van der Waals surface area contributed by atoms with Crippen LogP contribution in [-0.4, -0.2) is 6.54 Å². The molecule has 0 radical (unpaired) electrons. The van der Waals surface area contributed by atoms with E-state index in [1.165, 1.54) is 36.9 Å². The molecule has 106 valence electrons. The van der Waals surface area contributed by atoms with Crippen LogP contribution in [-0.2, 0) is 10.8 Å². The van der Waals surface area contributed by atoms with Crippen molar-refractivity contribution in [2.75, 3.05) is 11.9 Å². The molecule has 0 saturated carbocycles. The van der Waals surface area contributed by atoms with E-state index in [-0.39, 0.29) is 5.41 Å². The highest BCUT2D eigenvalue weighted by Gasteiger charge is 2.37. The second-order valence-corrected chi connectivity index (χ2v) is 7.10. The predicted octanol–water partition coefficient (Wildman–Crippen LogP) is 5.25. The molecule has 1 atom stereocenters. The van der Waals surface area contributed by atoms with Crippen molar-refractivity contribution in [2.45, 2.75) is 71.1 Å². The fourth-order valence-corrected chi connectivity index (χ4v) is 3.19. The summed E-state index contributed by atoms with van der Waals surface area (Å²) in [7, 11) is 0. The third-order valence-electron chi connectivity index (χ3n) is 4.76. The van der Waals surface area contributed by atoms with Crippen molar-refractivity contribution in [1.29, 1.82) is 0 Å². The van der Waals surface area contributed by atoms with Crippen molar-refractivity contribution in [3.8, 4) is 0 Å². The number of nitrogens with one attached hydrogen (secondary N) is 1. The van der Waals surface area contributed by atoms with Crippen molar-refractivity contribution in [3.05, 3.63) is 29.3 Å². The van der Waals surface area contributed by atoms with E-state index in [9.17, 15) is 0 Å². The molecule has 1 heteroatoms. The lowest BCUT2D eigenvalue weighted by Crippen LogP contribution is -2.28. The zero-order chi connectivity index (χ0) is 14.1. The van der Waals surface area contributed by atoms with Gasteiger partial charge in [0.1, 0.15) is 0 Å². The highest BCUT2D eigenvalue weighted by molar-refractivity contribution is 5.62. The van der Waals surface area contributed by atoms with Gasteiger partial charge in [-0.3, -0.25) is 0 Å². The molecule has 0 aliphatic carbocycles. The molecule has 2 rings (SSSR count). The van der Waals surface area contributed by atoms with Crippen molar-refractivity contribution in [3.63, 3.8) is 0 Å². The van der Waals surface area contributed by atoms with Gasteiger partial charge in [-0.15, -0.1) is 0 Å². The van der Waals surface area contributed by atoms with E-state index >= 15 is 0 Å². The Morgan fingerprint density at radius 2 is 1.95 bits per heavy atom. The summed E-state index contributed by atoms with van der Waals surface area (Å²) in [6, 6.07) is 7.05. The minimum absolute atomic E-state index is 0.238. The molecule has 1 nitrogen and oxygen atoms in total. The molecule has 1 aromatic rings. The van der Waals surface area contributed by atoms with Gasteiger partial charge in [0.2, 0.25) is 0 Å². The van der Waals surface area contributed by atoms with E-state index in [2.05, 4.69) is 58.1 Å². The number of fused-ring (bicyclic) bond motifs is 1. The molecule has 0 fully saturated rings. The van der Waals surface area contributed by atoms with Crippen LogP contribution in [0.4, 0.5) is 5.69 Å². The standard InChI is InChI=1S/C18H29N/c1-6-8-11-18(7-2)13-19-16-10-9-14(12-15(16)18)17(3,4)5/h9-10,12,19H,6-8,11,13H2,1-5H3. The smallest absolute Gasteiger partial charge is 0.0379 e. The first-order valence-electron chi connectivity index (χ1n) is 7.82. The van der Waals surface area contributed by atoms with Crippen LogP contribution in [0.1, 0.15) is 71.4 Å². The van der Waals surface area contributed by atoms with Gasteiger partial charge in [0, 0.05) is 17.6 Å². The first-order chi connectivity index (χ1) is 8.93. The summed E-state index contributed by atoms with van der Waals surface area (Å²) in [5.74, 6) is 0. The van der Waals surface area contributed by atoms with Crippen LogP contribution in [0.3, 0.4) is 0 Å². The number of anilines is 1. The lowest BCUT2D eigenvalue weighted by Gasteiger charge is -2.29. The first kappa shape index (κ1) is 14.4. The molecule has 1 aromatic carbocycles. The molecule has 1 unspecified atom stereocenters. The van der Waals surface area contributed by atoms with Crippen LogP contribution in [0.25, 0.3) is 0 Å². The van der Waals surface area contributed by atoms with Gasteiger partial charge in [-0.1, -0.05) is 59.6 Å². The zero-order valence-corrected chi connectivity index (χ0v) is 13.3. The van der Waals surface area contributed by atoms with Gasteiger partial charge < -0.3 is 5.32 Å². The monoisotopic (exact) mass is 259 g/mol. The molecule has 1 aliphatic heterocycles. The lowest BCUT2D eigenvalue weighted by molar-refractivity contribution is 0.401. The fraction of sp³-hybridized carbons (Fsp3) is 0.667. The highest BCUT2D eigenvalue weighted by atomic mass is 14.9. The summed E-state index contributed by atoms with van der Waals surface area (Å²) in [4.78, 5) is 0. The van der Waals surface area contributed by atoms with Gasteiger partial charge in [0.15, 0.2) is 0 Å². The largest absolute Gasteiger partial charge is 0.384 e. The van der Waals surface area contributed by atoms with Gasteiger partial charge in [-0.2, -0.15) is 0 Å². The van der Waals surface area contributed by atoms with Crippen molar-refractivity contribution in [1.82, 2.24) is 0 Å². The first-order valence-corrected chi connectivity index (χ1v) is 7.82. The molecular weight excluding hydrogens is 230 g/mol. The molecule has 0 bridgehead atoms. The third kappa shape index (κ3) is 2.66. The molecule has 0 amide bonds. The van der Waals surface area contributed by atoms with E-state index in [4.69, 9.17) is 0 Å². The van der Waals surface area contributed by atoms with Gasteiger partial charge >= 0.3 is 0 Å². The van der Waals surface area contributed by atoms with Crippen LogP contribution < -0.4 is 5.32 Å². The number of hydrogen-bond acceptors (Lipinski definition) is 1. The molecular formula is C18H29N. The maximum atomic E-state index is 3.63. The van der Waals surface area contributed by atoms with E-state index in [1.807, 2.05) is 0 Å². The van der Waals surface area contributed by atoms with Gasteiger partial charge in [-0.05, 0) is 35.4 Å². The predicted molar refractivity (Wildman–Crippen MR) is 85.1 cm³/mol. The van der Waals surface area contributed by atoms with Crippen LogP contribution >= 0.6 is 0 Å². The average Bonchev–Trinajstić information content (AvgIpc) is 2.74. The fourth-order valence-electron chi connectivity index (χ4n) is 3.19. The van der Waals surface area contributed by atoms with Crippen molar-refractivity contribution < 1.29 is 0 Å². The Hall–Kier alpha value is -0.980. The van der Waals surface area contributed by atoms with Crippen LogP contribution in [0.2, 0.25) is 0 Å². The molecule has 0 aromatic heterocycles. The third-order valence-corrected chi connectivity index (χ3v) is 4.76. The Balaban J connectivity index is 2.41.